The molecule has 0 aliphatic rings. The van der Waals surface area contributed by atoms with Crippen LogP contribution in [-0.4, -0.2) is 15.0 Å². The minimum Gasteiger partial charge on any atom is -0.337 e. The molecule has 3 aromatic rings. The molecule has 2 heterocycles. The summed E-state index contributed by atoms with van der Waals surface area (Å²) in [4.78, 5) is 12.3. The molecule has 0 saturated heterocycles. The van der Waals surface area contributed by atoms with Gasteiger partial charge in [-0.05, 0) is 36.8 Å². The van der Waals surface area contributed by atoms with Crippen molar-refractivity contribution in [2.75, 3.05) is 0 Å². The Labute approximate surface area is 105 Å². The minimum absolute atomic E-state index is 0.535. The molecule has 4 nitrogen and oxygen atoms in total. The molecule has 90 valence electrons. The first-order chi connectivity index (χ1) is 8.76. The van der Waals surface area contributed by atoms with Crippen molar-refractivity contribution >= 4 is 11.0 Å². The van der Waals surface area contributed by atoms with Crippen molar-refractivity contribution < 1.29 is 0 Å². The molecule has 0 bridgehead atoms. The summed E-state index contributed by atoms with van der Waals surface area (Å²) >= 11 is 0. The van der Waals surface area contributed by atoms with Crippen molar-refractivity contribution in [2.24, 2.45) is 5.73 Å². The summed E-state index contributed by atoms with van der Waals surface area (Å²) in [5, 5.41) is 0. The number of nitrogens with zero attached hydrogens (tertiary/aromatic N) is 2. The lowest BCUT2D eigenvalue weighted by atomic mass is 10.2. The first kappa shape index (κ1) is 10.9. The van der Waals surface area contributed by atoms with Gasteiger partial charge in [0.15, 0.2) is 5.82 Å². The quantitative estimate of drug-likeness (QED) is 0.720. The van der Waals surface area contributed by atoms with E-state index in [0.29, 0.717) is 6.54 Å². The van der Waals surface area contributed by atoms with Crippen molar-refractivity contribution in [3.8, 4) is 11.5 Å². The Morgan fingerprint density at radius 3 is 2.83 bits per heavy atom. The Morgan fingerprint density at radius 2 is 2.06 bits per heavy atom. The number of nitrogens with one attached hydrogen (secondary N) is 1. The second-order valence-electron chi connectivity index (χ2n) is 4.31. The predicted octanol–water partition coefficient (Wildman–Crippen LogP) is 2.39. The van der Waals surface area contributed by atoms with Gasteiger partial charge in [-0.2, -0.15) is 0 Å². The average Bonchev–Trinajstić information content (AvgIpc) is 2.81. The SMILES string of the molecule is Cc1cccc(-c2nc3ccc(CN)cc3[nH]2)n1. The predicted molar refractivity (Wildman–Crippen MR) is 72.0 cm³/mol. The lowest BCUT2D eigenvalue weighted by Crippen LogP contribution is -1.95. The Balaban J connectivity index is 2.13. The van der Waals surface area contributed by atoms with Crippen molar-refractivity contribution in [3.63, 3.8) is 0 Å². The molecule has 0 saturated carbocycles. The highest BCUT2D eigenvalue weighted by molar-refractivity contribution is 5.79. The lowest BCUT2D eigenvalue weighted by molar-refractivity contribution is 1.07. The van der Waals surface area contributed by atoms with Gasteiger partial charge in [-0.1, -0.05) is 12.1 Å². The number of hydrogen-bond donors (Lipinski definition) is 2. The number of pyridine rings is 1. The van der Waals surface area contributed by atoms with Crippen LogP contribution in [0.5, 0.6) is 0 Å². The molecule has 0 amide bonds. The fourth-order valence-corrected chi connectivity index (χ4v) is 1.98. The van der Waals surface area contributed by atoms with Crippen LogP contribution in [0.15, 0.2) is 36.4 Å². The maximum absolute atomic E-state index is 5.63. The summed E-state index contributed by atoms with van der Waals surface area (Å²) in [5.74, 6) is 0.794. The van der Waals surface area contributed by atoms with Crippen LogP contribution in [0.1, 0.15) is 11.3 Å². The van der Waals surface area contributed by atoms with Crippen LogP contribution in [0.25, 0.3) is 22.6 Å². The molecule has 0 spiro atoms. The van der Waals surface area contributed by atoms with Crippen LogP contribution < -0.4 is 5.73 Å². The van der Waals surface area contributed by atoms with E-state index in [1.54, 1.807) is 0 Å². The van der Waals surface area contributed by atoms with E-state index < -0.39 is 0 Å². The first-order valence-corrected chi connectivity index (χ1v) is 5.89. The van der Waals surface area contributed by atoms with Gasteiger partial charge in [0.1, 0.15) is 5.69 Å². The largest absolute Gasteiger partial charge is 0.337 e. The Hall–Kier alpha value is -2.20. The number of aromatic amines is 1. The second kappa shape index (κ2) is 4.23. The molecule has 0 radical (unpaired) electrons. The van der Waals surface area contributed by atoms with Gasteiger partial charge in [0.25, 0.3) is 0 Å². The van der Waals surface area contributed by atoms with Crippen LogP contribution >= 0.6 is 0 Å². The molecule has 0 atom stereocenters. The number of H-pyrrole nitrogens is 1. The maximum Gasteiger partial charge on any atom is 0.157 e. The molecule has 2 aromatic heterocycles. The molecular weight excluding hydrogens is 224 g/mol. The van der Waals surface area contributed by atoms with E-state index in [2.05, 4.69) is 15.0 Å². The molecular formula is C14H14N4. The standard InChI is InChI=1S/C14H14N4/c1-9-3-2-4-12(16-9)14-17-11-6-5-10(8-15)7-13(11)18-14/h2-7H,8,15H2,1H3,(H,17,18). The molecule has 0 aliphatic heterocycles. The van der Waals surface area contributed by atoms with Crippen molar-refractivity contribution in [3.05, 3.63) is 47.7 Å². The first-order valence-electron chi connectivity index (χ1n) is 5.89. The number of fused-ring (bicyclic) bond motifs is 1. The molecule has 3 N–H and O–H groups in total. The zero-order chi connectivity index (χ0) is 12.5. The van der Waals surface area contributed by atoms with Gasteiger partial charge in [0.05, 0.1) is 11.0 Å². The molecule has 3 rings (SSSR count). The Morgan fingerprint density at radius 1 is 1.17 bits per heavy atom. The van der Waals surface area contributed by atoms with Gasteiger partial charge in [0, 0.05) is 12.2 Å². The highest BCUT2D eigenvalue weighted by Gasteiger charge is 2.06. The van der Waals surface area contributed by atoms with Gasteiger partial charge in [0.2, 0.25) is 0 Å². The maximum atomic E-state index is 5.63. The normalized spacial score (nSPS) is 11.0. The van der Waals surface area contributed by atoms with Gasteiger partial charge < -0.3 is 10.7 Å². The van der Waals surface area contributed by atoms with Crippen molar-refractivity contribution in [2.45, 2.75) is 13.5 Å². The van der Waals surface area contributed by atoms with Crippen LogP contribution in [0.4, 0.5) is 0 Å². The van der Waals surface area contributed by atoms with E-state index in [1.807, 2.05) is 43.3 Å². The topological polar surface area (TPSA) is 67.6 Å². The Bertz CT molecular complexity index is 700. The molecule has 0 aliphatic carbocycles. The molecule has 0 unspecified atom stereocenters. The average molecular weight is 238 g/mol. The third-order valence-electron chi connectivity index (χ3n) is 2.91. The molecule has 4 heteroatoms. The van der Waals surface area contributed by atoms with Gasteiger partial charge in [-0.3, -0.25) is 0 Å². The van der Waals surface area contributed by atoms with E-state index >= 15 is 0 Å². The minimum atomic E-state index is 0.535. The van der Waals surface area contributed by atoms with Gasteiger partial charge in [-0.15, -0.1) is 0 Å². The second-order valence-corrected chi connectivity index (χ2v) is 4.31. The number of benzene rings is 1. The van der Waals surface area contributed by atoms with Crippen LogP contribution in [0.3, 0.4) is 0 Å². The van der Waals surface area contributed by atoms with E-state index in [1.165, 1.54) is 0 Å². The monoisotopic (exact) mass is 238 g/mol. The summed E-state index contributed by atoms with van der Waals surface area (Å²) < 4.78 is 0. The third-order valence-corrected chi connectivity index (χ3v) is 2.91. The summed E-state index contributed by atoms with van der Waals surface area (Å²) in [5.41, 5.74) is 10.5. The number of imidazole rings is 1. The molecule has 0 fully saturated rings. The van der Waals surface area contributed by atoms with Crippen LogP contribution in [0.2, 0.25) is 0 Å². The Kier molecular flexibility index (Phi) is 2.57. The number of aromatic nitrogens is 3. The van der Waals surface area contributed by atoms with Crippen molar-refractivity contribution in [1.29, 1.82) is 0 Å². The van der Waals surface area contributed by atoms with Gasteiger partial charge in [-0.25, -0.2) is 9.97 Å². The fourth-order valence-electron chi connectivity index (χ4n) is 1.98. The van der Waals surface area contributed by atoms with Gasteiger partial charge >= 0.3 is 0 Å². The molecule has 1 aromatic carbocycles. The fraction of sp³-hybridized carbons (Fsp3) is 0.143. The van der Waals surface area contributed by atoms with E-state index in [0.717, 1.165) is 33.8 Å². The van der Waals surface area contributed by atoms with E-state index in [9.17, 15) is 0 Å². The number of aryl methyl sites for hydroxylation is 1. The summed E-state index contributed by atoms with van der Waals surface area (Å²) in [7, 11) is 0. The van der Waals surface area contributed by atoms with Crippen LogP contribution in [-0.2, 0) is 6.54 Å². The van der Waals surface area contributed by atoms with Crippen LogP contribution in [0, 0.1) is 6.92 Å². The summed E-state index contributed by atoms with van der Waals surface area (Å²) in [6, 6.07) is 11.9. The zero-order valence-corrected chi connectivity index (χ0v) is 10.1. The number of rotatable bonds is 2. The highest BCUT2D eigenvalue weighted by Crippen LogP contribution is 2.19. The third kappa shape index (κ3) is 1.87. The van der Waals surface area contributed by atoms with Crippen molar-refractivity contribution in [1.82, 2.24) is 15.0 Å². The zero-order valence-electron chi connectivity index (χ0n) is 10.1. The molecule has 18 heavy (non-hydrogen) atoms. The highest BCUT2D eigenvalue weighted by atomic mass is 14.9. The lowest BCUT2D eigenvalue weighted by Gasteiger charge is -1.96. The smallest absolute Gasteiger partial charge is 0.157 e. The number of nitrogens with two attached hydrogens (primary N) is 1. The number of hydrogen-bond acceptors (Lipinski definition) is 3. The summed E-state index contributed by atoms with van der Waals surface area (Å²) in [6.45, 7) is 2.51. The van der Waals surface area contributed by atoms with E-state index in [4.69, 9.17) is 5.73 Å². The summed E-state index contributed by atoms with van der Waals surface area (Å²) in [6.07, 6.45) is 0. The van der Waals surface area contributed by atoms with E-state index in [-0.39, 0.29) is 0 Å².